The zero-order valence-electron chi connectivity index (χ0n) is 12.4. The zero-order chi connectivity index (χ0) is 15.8. The highest BCUT2D eigenvalue weighted by molar-refractivity contribution is 8.01. The number of hydrogen-bond donors (Lipinski definition) is 2. The van der Waals surface area contributed by atoms with Crippen molar-refractivity contribution < 1.29 is 4.79 Å². The fraction of sp³-hybridized carbons (Fsp3) is 0.353. The number of nitrogens with one attached hydrogen (secondary N) is 2. The smallest absolute Gasteiger partial charge is 0.251 e. The third-order valence-electron chi connectivity index (χ3n) is 4.56. The highest BCUT2D eigenvalue weighted by atomic mass is 35.5. The minimum atomic E-state index is 0.0401. The summed E-state index contributed by atoms with van der Waals surface area (Å²) < 4.78 is 1.95. The minimum Gasteiger partial charge on any atom is -0.349 e. The van der Waals surface area contributed by atoms with Gasteiger partial charge in [-0.05, 0) is 55.2 Å². The molecule has 1 amide bonds. The molecule has 1 aliphatic carbocycles. The number of hydrogen-bond acceptors (Lipinski definition) is 4. The maximum Gasteiger partial charge on any atom is 0.251 e. The molecule has 1 aliphatic heterocycles. The number of thiophene rings is 1. The lowest BCUT2D eigenvalue weighted by molar-refractivity contribution is 0.0925. The number of halogens is 1. The molecule has 0 radical (unpaired) electrons. The Kier molecular flexibility index (Phi) is 4.37. The molecule has 2 N–H and O–H groups in total. The zero-order valence-corrected chi connectivity index (χ0v) is 14.8. The average molecular weight is 365 g/mol. The first-order valence-electron chi connectivity index (χ1n) is 7.75. The van der Waals surface area contributed by atoms with Gasteiger partial charge in [0.2, 0.25) is 0 Å². The first-order valence-corrected chi connectivity index (χ1v) is 9.76. The van der Waals surface area contributed by atoms with E-state index < -0.39 is 0 Å². The van der Waals surface area contributed by atoms with Crippen molar-refractivity contribution in [3.05, 3.63) is 46.3 Å². The summed E-state index contributed by atoms with van der Waals surface area (Å²) in [6.45, 7) is 1.04. The highest BCUT2D eigenvalue weighted by Crippen LogP contribution is 2.35. The van der Waals surface area contributed by atoms with Crippen LogP contribution in [0.25, 0.3) is 0 Å². The summed E-state index contributed by atoms with van der Waals surface area (Å²) in [6, 6.07) is 12.6. The van der Waals surface area contributed by atoms with Crippen molar-refractivity contribution in [3.8, 4) is 0 Å². The van der Waals surface area contributed by atoms with Gasteiger partial charge in [0, 0.05) is 29.1 Å². The van der Waals surface area contributed by atoms with E-state index in [1.807, 2.05) is 36.4 Å². The Morgan fingerprint density at radius 3 is 2.65 bits per heavy atom. The van der Waals surface area contributed by atoms with Crippen molar-refractivity contribution in [1.29, 1.82) is 0 Å². The number of fused-ring (bicyclic) bond motifs is 2. The summed E-state index contributed by atoms with van der Waals surface area (Å²) in [5.41, 5.74) is 0.731. The van der Waals surface area contributed by atoms with Crippen LogP contribution in [0.2, 0.25) is 4.34 Å². The predicted molar refractivity (Wildman–Crippen MR) is 95.7 cm³/mol. The van der Waals surface area contributed by atoms with E-state index in [-0.39, 0.29) is 5.91 Å². The summed E-state index contributed by atoms with van der Waals surface area (Å²) in [5.74, 6) is 0.639. The average Bonchev–Trinajstić information content (AvgIpc) is 3.25. The third kappa shape index (κ3) is 3.43. The second-order valence-electron chi connectivity index (χ2n) is 6.10. The normalized spacial score (nSPS) is 25.7. The molecule has 2 aliphatic rings. The van der Waals surface area contributed by atoms with Crippen LogP contribution >= 0.6 is 34.7 Å². The van der Waals surface area contributed by atoms with E-state index in [9.17, 15) is 4.79 Å². The Hall–Kier alpha value is -1.01. The Morgan fingerprint density at radius 1 is 1.22 bits per heavy atom. The van der Waals surface area contributed by atoms with Gasteiger partial charge in [0.15, 0.2) is 0 Å². The summed E-state index contributed by atoms with van der Waals surface area (Å²) >= 11 is 9.18. The van der Waals surface area contributed by atoms with Gasteiger partial charge in [-0.25, -0.2) is 0 Å². The van der Waals surface area contributed by atoms with E-state index >= 15 is 0 Å². The van der Waals surface area contributed by atoms with Gasteiger partial charge in [-0.3, -0.25) is 4.79 Å². The van der Waals surface area contributed by atoms with Crippen LogP contribution in [0.15, 0.2) is 45.5 Å². The fourth-order valence-electron chi connectivity index (χ4n) is 3.41. The van der Waals surface area contributed by atoms with E-state index in [1.165, 1.54) is 6.42 Å². The monoisotopic (exact) mass is 364 g/mol. The van der Waals surface area contributed by atoms with Crippen LogP contribution in [-0.4, -0.2) is 24.5 Å². The highest BCUT2D eigenvalue weighted by Gasteiger charge is 2.39. The standard InChI is InChI=1S/C17H17ClN2OS2/c18-15-5-6-16(23-15)22-13-3-1-10(2-4-13)17(21)20-14-8-12-7-11(14)9-19-12/h1-6,11-12,14,19H,7-9H2,(H,20,21). The van der Waals surface area contributed by atoms with Crippen LogP contribution in [0, 0.1) is 5.92 Å². The van der Waals surface area contributed by atoms with Gasteiger partial charge in [0.1, 0.15) is 0 Å². The molecule has 3 unspecified atom stereocenters. The van der Waals surface area contributed by atoms with E-state index in [0.717, 1.165) is 32.0 Å². The van der Waals surface area contributed by atoms with Crippen LogP contribution in [0.1, 0.15) is 23.2 Å². The predicted octanol–water partition coefficient (Wildman–Crippen LogP) is 4.03. The number of rotatable bonds is 4. The lowest BCUT2D eigenvalue weighted by atomic mass is 10.0. The SMILES string of the molecule is O=C(NC1CC2CC1CN2)c1ccc(Sc2ccc(Cl)s2)cc1. The molecule has 0 spiro atoms. The van der Waals surface area contributed by atoms with Gasteiger partial charge < -0.3 is 10.6 Å². The summed E-state index contributed by atoms with van der Waals surface area (Å²) in [4.78, 5) is 13.5. The number of carbonyl (C=O) groups is 1. The lowest BCUT2D eigenvalue weighted by Gasteiger charge is -2.23. The number of carbonyl (C=O) groups excluding carboxylic acids is 1. The molecular formula is C17H17ClN2OS2. The van der Waals surface area contributed by atoms with Crippen LogP contribution in [0.5, 0.6) is 0 Å². The first kappa shape index (κ1) is 15.5. The van der Waals surface area contributed by atoms with Crippen molar-refractivity contribution in [3.63, 3.8) is 0 Å². The molecule has 3 nitrogen and oxygen atoms in total. The van der Waals surface area contributed by atoms with E-state index in [4.69, 9.17) is 11.6 Å². The first-order chi connectivity index (χ1) is 11.2. The molecule has 120 valence electrons. The quantitative estimate of drug-likeness (QED) is 0.860. The number of benzene rings is 1. The van der Waals surface area contributed by atoms with Crippen LogP contribution in [0.4, 0.5) is 0 Å². The molecule has 2 fully saturated rings. The molecule has 6 heteroatoms. The van der Waals surface area contributed by atoms with E-state index in [2.05, 4.69) is 10.6 Å². The molecule has 2 bridgehead atoms. The summed E-state index contributed by atoms with van der Waals surface area (Å²) in [7, 11) is 0. The summed E-state index contributed by atoms with van der Waals surface area (Å²) in [5, 5.41) is 6.67. The van der Waals surface area contributed by atoms with Crippen molar-refractivity contribution in [2.45, 2.75) is 34.0 Å². The lowest BCUT2D eigenvalue weighted by Crippen LogP contribution is -2.44. The molecule has 1 saturated carbocycles. The van der Waals surface area contributed by atoms with Gasteiger partial charge in [-0.2, -0.15) is 0 Å². The fourth-order valence-corrected chi connectivity index (χ4v) is 5.69. The molecule has 2 aromatic rings. The van der Waals surface area contributed by atoms with Gasteiger partial charge in [-0.15, -0.1) is 11.3 Å². The number of amides is 1. The van der Waals surface area contributed by atoms with Crippen molar-refractivity contribution in [2.24, 2.45) is 5.92 Å². The number of piperidine rings is 1. The van der Waals surface area contributed by atoms with Gasteiger partial charge in [-0.1, -0.05) is 23.4 Å². The molecule has 3 atom stereocenters. The maximum atomic E-state index is 12.4. The van der Waals surface area contributed by atoms with E-state index in [1.54, 1.807) is 23.1 Å². The van der Waals surface area contributed by atoms with Crippen LogP contribution in [-0.2, 0) is 0 Å². The van der Waals surface area contributed by atoms with Gasteiger partial charge in [0.25, 0.3) is 5.91 Å². The topological polar surface area (TPSA) is 41.1 Å². The molecule has 1 saturated heterocycles. The van der Waals surface area contributed by atoms with Crippen molar-refractivity contribution in [2.75, 3.05) is 6.54 Å². The molecule has 23 heavy (non-hydrogen) atoms. The molecule has 2 heterocycles. The third-order valence-corrected chi connectivity index (χ3v) is 6.93. The Labute approximate surface area is 148 Å². The molecule has 4 rings (SSSR count). The maximum absolute atomic E-state index is 12.4. The van der Waals surface area contributed by atoms with Gasteiger partial charge >= 0.3 is 0 Å². The minimum absolute atomic E-state index is 0.0401. The Balaban J connectivity index is 1.38. The Morgan fingerprint density at radius 2 is 2.04 bits per heavy atom. The second kappa shape index (κ2) is 6.48. The largest absolute Gasteiger partial charge is 0.349 e. The van der Waals surface area contributed by atoms with Gasteiger partial charge in [0.05, 0.1) is 8.55 Å². The van der Waals surface area contributed by atoms with Crippen LogP contribution < -0.4 is 10.6 Å². The van der Waals surface area contributed by atoms with Crippen LogP contribution in [0.3, 0.4) is 0 Å². The second-order valence-corrected chi connectivity index (χ2v) is 9.19. The van der Waals surface area contributed by atoms with Crippen molar-refractivity contribution >= 4 is 40.6 Å². The Bertz CT molecular complexity index is 716. The molecule has 1 aromatic carbocycles. The summed E-state index contributed by atoms with van der Waals surface area (Å²) in [6.07, 6.45) is 2.26. The van der Waals surface area contributed by atoms with E-state index in [0.29, 0.717) is 18.0 Å². The van der Waals surface area contributed by atoms with Crippen molar-refractivity contribution in [1.82, 2.24) is 10.6 Å². The molecular weight excluding hydrogens is 348 g/mol. The molecule has 1 aromatic heterocycles.